The van der Waals surface area contributed by atoms with E-state index in [1.807, 2.05) is 30.3 Å². The van der Waals surface area contributed by atoms with E-state index >= 15 is 0 Å². The molecule has 4 nitrogen and oxygen atoms in total. The van der Waals surface area contributed by atoms with Crippen molar-refractivity contribution < 1.29 is 18.3 Å². The minimum atomic E-state index is -1.49. The van der Waals surface area contributed by atoms with Crippen LogP contribution in [0.15, 0.2) is 48.5 Å². The predicted molar refractivity (Wildman–Crippen MR) is 88.4 cm³/mol. The highest BCUT2D eigenvalue weighted by Crippen LogP contribution is 2.22. The Morgan fingerprint density at radius 3 is 2.32 bits per heavy atom. The maximum atomic E-state index is 13.3. The number of rotatable bonds is 6. The number of anilines is 1. The fourth-order valence-electron chi connectivity index (χ4n) is 2.48. The first-order valence-electron chi connectivity index (χ1n) is 7.70. The Labute approximate surface area is 142 Å². The summed E-state index contributed by atoms with van der Waals surface area (Å²) in [6, 6.07) is 13.1. The van der Waals surface area contributed by atoms with E-state index in [0.717, 1.165) is 17.7 Å². The van der Waals surface area contributed by atoms with E-state index in [9.17, 15) is 18.3 Å². The lowest BCUT2D eigenvalue weighted by Crippen LogP contribution is -2.10. The molecule has 0 amide bonds. The average Bonchev–Trinajstić information content (AvgIpc) is 3.02. The van der Waals surface area contributed by atoms with Crippen LogP contribution >= 0.6 is 0 Å². The van der Waals surface area contributed by atoms with Crippen molar-refractivity contribution in [3.63, 3.8) is 0 Å². The molecule has 0 atom stereocenters. The lowest BCUT2D eigenvalue weighted by molar-refractivity contribution is 0.270. The highest BCUT2D eigenvalue weighted by molar-refractivity contribution is 5.63. The molecule has 25 heavy (non-hydrogen) atoms. The Morgan fingerprint density at radius 1 is 1.00 bits per heavy atom. The number of nitrogens with one attached hydrogen (secondary N) is 1. The molecular weight excluding hydrogens is 331 g/mol. The molecule has 0 fully saturated rings. The molecule has 0 spiro atoms. The number of aliphatic hydroxyl groups is 1. The predicted octanol–water partition coefficient (Wildman–Crippen LogP) is 3.57. The van der Waals surface area contributed by atoms with Crippen molar-refractivity contribution in [2.75, 3.05) is 11.9 Å². The third kappa shape index (κ3) is 3.83. The van der Waals surface area contributed by atoms with E-state index in [1.54, 1.807) is 10.7 Å². The first-order chi connectivity index (χ1) is 12.1. The molecule has 0 aliphatic heterocycles. The molecule has 7 heteroatoms. The third-order valence-corrected chi connectivity index (χ3v) is 3.68. The molecule has 3 aromatic rings. The Hall–Kier alpha value is -2.80. The normalized spacial score (nSPS) is 10.9. The summed E-state index contributed by atoms with van der Waals surface area (Å²) in [6.45, 7) is 0.241. The van der Waals surface area contributed by atoms with Crippen LogP contribution in [0.1, 0.15) is 5.56 Å². The van der Waals surface area contributed by atoms with Crippen LogP contribution in [0.25, 0.3) is 11.3 Å². The summed E-state index contributed by atoms with van der Waals surface area (Å²) in [4.78, 5) is 0. The van der Waals surface area contributed by atoms with Crippen LogP contribution in [0.4, 0.5) is 19.0 Å². The first-order valence-corrected chi connectivity index (χ1v) is 7.70. The largest absolute Gasteiger partial charge is 0.394 e. The van der Waals surface area contributed by atoms with Gasteiger partial charge in [0.15, 0.2) is 17.5 Å². The Bertz CT molecular complexity index is 842. The number of halogens is 3. The van der Waals surface area contributed by atoms with Crippen LogP contribution in [0.5, 0.6) is 0 Å². The summed E-state index contributed by atoms with van der Waals surface area (Å²) in [6.07, 6.45) is 0. The van der Waals surface area contributed by atoms with Gasteiger partial charge < -0.3 is 10.4 Å². The summed E-state index contributed by atoms with van der Waals surface area (Å²) >= 11 is 0. The van der Waals surface area contributed by atoms with Crippen LogP contribution in [0, 0.1) is 17.5 Å². The van der Waals surface area contributed by atoms with Gasteiger partial charge in [0.25, 0.3) is 0 Å². The minimum Gasteiger partial charge on any atom is -0.394 e. The summed E-state index contributed by atoms with van der Waals surface area (Å²) in [5, 5.41) is 16.6. The molecule has 0 bridgehead atoms. The molecule has 0 aliphatic rings. The number of benzene rings is 2. The van der Waals surface area contributed by atoms with Crippen LogP contribution < -0.4 is 5.32 Å². The standard InChI is InChI=1S/C18H16F3N3O/c19-14-8-12(9-15(20)18(14)21)11-22-17-10-16(23-24(17)6-7-25)13-4-2-1-3-5-13/h1-5,8-10,22,25H,6-7,11H2. The molecule has 2 aromatic carbocycles. The van der Waals surface area contributed by atoms with Gasteiger partial charge in [-0.15, -0.1) is 0 Å². The molecule has 0 aliphatic carbocycles. The monoisotopic (exact) mass is 347 g/mol. The second-order valence-corrected chi connectivity index (χ2v) is 5.45. The Kier molecular flexibility index (Phi) is 5.04. The molecule has 0 saturated carbocycles. The zero-order valence-corrected chi connectivity index (χ0v) is 13.2. The quantitative estimate of drug-likeness (QED) is 0.670. The molecule has 2 N–H and O–H groups in total. The summed E-state index contributed by atoms with van der Waals surface area (Å²) in [5.74, 6) is -3.37. The number of hydrogen-bond acceptors (Lipinski definition) is 3. The molecule has 1 aromatic heterocycles. The van der Waals surface area contributed by atoms with Crippen molar-refractivity contribution in [1.29, 1.82) is 0 Å². The van der Waals surface area contributed by atoms with Gasteiger partial charge in [-0.2, -0.15) is 5.10 Å². The first kappa shape index (κ1) is 17.0. The third-order valence-electron chi connectivity index (χ3n) is 3.68. The van der Waals surface area contributed by atoms with Crippen LogP contribution in [-0.2, 0) is 13.1 Å². The molecule has 0 unspecified atom stereocenters. The Morgan fingerprint density at radius 2 is 1.68 bits per heavy atom. The Balaban J connectivity index is 1.83. The van der Waals surface area contributed by atoms with E-state index in [0.29, 0.717) is 11.5 Å². The summed E-state index contributed by atoms with van der Waals surface area (Å²) < 4.78 is 41.2. The van der Waals surface area contributed by atoms with Gasteiger partial charge in [-0.3, -0.25) is 0 Å². The van der Waals surface area contributed by atoms with Gasteiger partial charge in [-0.25, -0.2) is 17.9 Å². The molecule has 0 saturated heterocycles. The molecule has 3 rings (SSSR count). The second kappa shape index (κ2) is 7.40. The molecule has 1 heterocycles. The highest BCUT2D eigenvalue weighted by Gasteiger charge is 2.12. The van der Waals surface area contributed by atoms with Crippen LogP contribution in [-0.4, -0.2) is 21.5 Å². The zero-order chi connectivity index (χ0) is 17.8. The lowest BCUT2D eigenvalue weighted by Gasteiger charge is -2.09. The van der Waals surface area contributed by atoms with Gasteiger partial charge in [-0.05, 0) is 17.7 Å². The summed E-state index contributed by atoms with van der Waals surface area (Å²) in [7, 11) is 0. The van der Waals surface area contributed by atoms with Gasteiger partial charge in [0, 0.05) is 18.2 Å². The van der Waals surface area contributed by atoms with Crippen LogP contribution in [0.3, 0.4) is 0 Å². The minimum absolute atomic E-state index is 0.0828. The molecule has 130 valence electrons. The number of aliphatic hydroxyl groups excluding tert-OH is 1. The number of aromatic nitrogens is 2. The van der Waals surface area contributed by atoms with Gasteiger partial charge in [0.2, 0.25) is 0 Å². The number of hydrogen-bond donors (Lipinski definition) is 2. The molecular formula is C18H16F3N3O. The fourth-order valence-corrected chi connectivity index (χ4v) is 2.48. The van der Waals surface area contributed by atoms with E-state index < -0.39 is 17.5 Å². The second-order valence-electron chi connectivity index (χ2n) is 5.45. The zero-order valence-electron chi connectivity index (χ0n) is 13.2. The fraction of sp³-hybridized carbons (Fsp3) is 0.167. The van der Waals surface area contributed by atoms with Gasteiger partial charge in [0.05, 0.1) is 18.8 Å². The van der Waals surface area contributed by atoms with Crippen molar-refractivity contribution in [3.8, 4) is 11.3 Å². The summed E-state index contributed by atoms with van der Waals surface area (Å²) in [5.41, 5.74) is 1.86. The van der Waals surface area contributed by atoms with Crippen molar-refractivity contribution in [1.82, 2.24) is 9.78 Å². The number of nitrogens with zero attached hydrogens (tertiary/aromatic N) is 2. The van der Waals surface area contributed by atoms with E-state index in [2.05, 4.69) is 10.4 Å². The van der Waals surface area contributed by atoms with Crippen molar-refractivity contribution in [3.05, 3.63) is 71.5 Å². The maximum absolute atomic E-state index is 13.3. The lowest BCUT2D eigenvalue weighted by atomic mass is 10.1. The SMILES string of the molecule is OCCn1nc(-c2ccccc2)cc1NCc1cc(F)c(F)c(F)c1. The highest BCUT2D eigenvalue weighted by atomic mass is 19.2. The van der Waals surface area contributed by atoms with E-state index in [1.165, 1.54) is 0 Å². The van der Waals surface area contributed by atoms with Crippen molar-refractivity contribution in [2.24, 2.45) is 0 Å². The van der Waals surface area contributed by atoms with Gasteiger partial charge in [0.1, 0.15) is 5.82 Å². The van der Waals surface area contributed by atoms with Gasteiger partial charge in [-0.1, -0.05) is 30.3 Å². The topological polar surface area (TPSA) is 50.1 Å². The maximum Gasteiger partial charge on any atom is 0.194 e. The van der Waals surface area contributed by atoms with E-state index in [-0.39, 0.29) is 25.3 Å². The van der Waals surface area contributed by atoms with Crippen LogP contribution in [0.2, 0.25) is 0 Å². The smallest absolute Gasteiger partial charge is 0.194 e. The van der Waals surface area contributed by atoms with Crippen molar-refractivity contribution in [2.45, 2.75) is 13.1 Å². The molecule has 0 radical (unpaired) electrons. The van der Waals surface area contributed by atoms with Crippen molar-refractivity contribution >= 4 is 5.82 Å². The average molecular weight is 347 g/mol. The van der Waals surface area contributed by atoms with Gasteiger partial charge >= 0.3 is 0 Å². The van der Waals surface area contributed by atoms with E-state index in [4.69, 9.17) is 0 Å².